The summed E-state index contributed by atoms with van der Waals surface area (Å²) < 4.78 is 22.0. The van der Waals surface area contributed by atoms with Crippen molar-refractivity contribution in [1.82, 2.24) is 4.90 Å². The van der Waals surface area contributed by atoms with Gasteiger partial charge in [-0.2, -0.15) is 0 Å². The maximum Gasteiger partial charge on any atom is 0.258 e. The van der Waals surface area contributed by atoms with Crippen LogP contribution in [0.5, 0.6) is 23.0 Å². The lowest BCUT2D eigenvalue weighted by atomic mass is 9.90. The highest BCUT2D eigenvalue weighted by Crippen LogP contribution is 2.41. The van der Waals surface area contributed by atoms with E-state index < -0.39 is 0 Å². The normalized spacial score (nSPS) is 14.3. The number of benzene rings is 3. The van der Waals surface area contributed by atoms with E-state index in [9.17, 15) is 4.79 Å². The lowest BCUT2D eigenvalue weighted by Crippen LogP contribution is -2.34. The smallest absolute Gasteiger partial charge is 0.258 e. The standard InChI is InChI=1S/C29H31NO5/c1-18-11-19(2)13-22(12-18)29(31)30-10-9-21-16-27(34-5)28(35-6)17-23(21)24(30)14-20-7-8-25(32-3)26(15-20)33-4/h7-13,15-17,24H,14H2,1-6H3. The van der Waals surface area contributed by atoms with E-state index in [1.807, 2.05) is 68.6 Å². The zero-order valence-electron chi connectivity index (χ0n) is 21.0. The van der Waals surface area contributed by atoms with Crippen molar-refractivity contribution in [3.05, 3.63) is 88.1 Å². The van der Waals surface area contributed by atoms with Gasteiger partial charge in [-0.25, -0.2) is 0 Å². The van der Waals surface area contributed by atoms with Gasteiger partial charge in [0.05, 0.1) is 34.5 Å². The van der Waals surface area contributed by atoms with E-state index in [0.29, 0.717) is 35.0 Å². The summed E-state index contributed by atoms with van der Waals surface area (Å²) in [7, 11) is 6.47. The Balaban J connectivity index is 1.81. The molecule has 1 amide bonds. The highest BCUT2D eigenvalue weighted by molar-refractivity contribution is 5.96. The maximum absolute atomic E-state index is 13.8. The predicted molar refractivity (Wildman–Crippen MR) is 137 cm³/mol. The highest BCUT2D eigenvalue weighted by Gasteiger charge is 2.31. The number of fused-ring (bicyclic) bond motifs is 1. The Morgan fingerprint density at radius 3 is 2.00 bits per heavy atom. The van der Waals surface area contributed by atoms with Crippen LogP contribution >= 0.6 is 0 Å². The fraction of sp³-hybridized carbons (Fsp3) is 0.276. The van der Waals surface area contributed by atoms with E-state index >= 15 is 0 Å². The van der Waals surface area contributed by atoms with Gasteiger partial charge in [-0.1, -0.05) is 23.3 Å². The largest absolute Gasteiger partial charge is 0.493 e. The number of nitrogens with zero attached hydrogens (tertiary/aromatic N) is 1. The molecule has 6 heteroatoms. The Morgan fingerprint density at radius 2 is 1.37 bits per heavy atom. The van der Waals surface area contributed by atoms with Crippen LogP contribution in [0.25, 0.3) is 6.08 Å². The van der Waals surface area contributed by atoms with Crippen LogP contribution in [-0.4, -0.2) is 39.2 Å². The summed E-state index contributed by atoms with van der Waals surface area (Å²) >= 11 is 0. The molecule has 3 aromatic carbocycles. The van der Waals surface area contributed by atoms with Crippen LogP contribution in [0, 0.1) is 13.8 Å². The summed E-state index contributed by atoms with van der Waals surface area (Å²) in [4.78, 5) is 15.6. The van der Waals surface area contributed by atoms with Gasteiger partial charge in [0.2, 0.25) is 0 Å². The molecule has 4 rings (SSSR count). The fourth-order valence-corrected chi connectivity index (χ4v) is 4.65. The molecule has 0 fully saturated rings. The third-order valence-electron chi connectivity index (χ3n) is 6.28. The fourth-order valence-electron chi connectivity index (χ4n) is 4.65. The van der Waals surface area contributed by atoms with Crippen molar-refractivity contribution in [1.29, 1.82) is 0 Å². The second-order valence-electron chi connectivity index (χ2n) is 8.65. The first-order valence-corrected chi connectivity index (χ1v) is 11.4. The molecule has 0 aromatic heterocycles. The summed E-state index contributed by atoms with van der Waals surface area (Å²) in [6.45, 7) is 4.01. The van der Waals surface area contributed by atoms with E-state index in [-0.39, 0.29) is 11.9 Å². The molecule has 1 aliphatic rings. The number of methoxy groups -OCH3 is 4. The first-order chi connectivity index (χ1) is 16.9. The van der Waals surface area contributed by atoms with Crippen LogP contribution < -0.4 is 18.9 Å². The zero-order chi connectivity index (χ0) is 25.1. The molecule has 35 heavy (non-hydrogen) atoms. The van der Waals surface area contributed by atoms with Crippen molar-refractivity contribution in [2.24, 2.45) is 0 Å². The van der Waals surface area contributed by atoms with Gasteiger partial charge in [0.25, 0.3) is 5.91 Å². The van der Waals surface area contributed by atoms with E-state index in [4.69, 9.17) is 18.9 Å². The number of amides is 1. The van der Waals surface area contributed by atoms with Crippen LogP contribution in [0.2, 0.25) is 0 Å². The van der Waals surface area contributed by atoms with Crippen molar-refractivity contribution in [2.45, 2.75) is 26.3 Å². The van der Waals surface area contributed by atoms with Gasteiger partial charge >= 0.3 is 0 Å². The number of carbonyl (C=O) groups is 1. The third-order valence-corrected chi connectivity index (χ3v) is 6.28. The van der Waals surface area contributed by atoms with Crippen molar-refractivity contribution < 1.29 is 23.7 Å². The summed E-state index contributed by atoms with van der Waals surface area (Å²) in [5.74, 6) is 2.53. The Kier molecular flexibility index (Phi) is 7.01. The van der Waals surface area contributed by atoms with Gasteiger partial charge in [-0.15, -0.1) is 0 Å². The molecule has 0 aliphatic carbocycles. The summed E-state index contributed by atoms with van der Waals surface area (Å²) in [5, 5.41) is 0. The van der Waals surface area contributed by atoms with Crippen LogP contribution in [0.3, 0.4) is 0 Å². The molecule has 3 aromatic rings. The first-order valence-electron chi connectivity index (χ1n) is 11.4. The predicted octanol–water partition coefficient (Wildman–Crippen LogP) is 5.75. The number of aryl methyl sites for hydroxylation is 2. The molecule has 0 bridgehead atoms. The molecule has 1 unspecified atom stereocenters. The average Bonchev–Trinajstić information content (AvgIpc) is 2.86. The third kappa shape index (κ3) is 4.83. The quantitative estimate of drug-likeness (QED) is 0.437. The molecule has 0 radical (unpaired) electrons. The SMILES string of the molecule is COc1ccc(CC2c3cc(OC)c(OC)cc3C=CN2C(=O)c2cc(C)cc(C)c2)cc1OC. The Morgan fingerprint density at radius 1 is 0.771 bits per heavy atom. The highest BCUT2D eigenvalue weighted by atomic mass is 16.5. The summed E-state index contributed by atoms with van der Waals surface area (Å²) in [6, 6.07) is 15.4. The molecule has 1 atom stereocenters. The number of carbonyl (C=O) groups excluding carboxylic acids is 1. The van der Waals surface area contributed by atoms with Gasteiger partial charge in [-0.3, -0.25) is 4.79 Å². The van der Waals surface area contributed by atoms with Crippen LogP contribution in [-0.2, 0) is 6.42 Å². The molecule has 0 spiro atoms. The van der Waals surface area contributed by atoms with Crippen molar-refractivity contribution in [3.8, 4) is 23.0 Å². The topological polar surface area (TPSA) is 57.2 Å². The van der Waals surface area contributed by atoms with E-state index in [1.54, 1.807) is 33.3 Å². The summed E-state index contributed by atoms with van der Waals surface area (Å²) in [6.07, 6.45) is 4.38. The van der Waals surface area contributed by atoms with Gasteiger partial charge in [0.1, 0.15) is 0 Å². The minimum Gasteiger partial charge on any atom is -0.493 e. The molecular formula is C29H31NO5. The van der Waals surface area contributed by atoms with Gasteiger partial charge in [0.15, 0.2) is 23.0 Å². The minimum absolute atomic E-state index is 0.0565. The molecule has 0 saturated carbocycles. The van der Waals surface area contributed by atoms with Crippen molar-refractivity contribution in [2.75, 3.05) is 28.4 Å². The number of hydrogen-bond donors (Lipinski definition) is 0. The molecular weight excluding hydrogens is 442 g/mol. The van der Waals surface area contributed by atoms with E-state index in [1.165, 1.54) is 0 Å². The Labute approximate surface area is 206 Å². The maximum atomic E-state index is 13.8. The molecule has 0 N–H and O–H groups in total. The number of rotatable bonds is 7. The number of hydrogen-bond acceptors (Lipinski definition) is 5. The Hall–Kier alpha value is -3.93. The van der Waals surface area contributed by atoms with Gasteiger partial charge < -0.3 is 23.8 Å². The van der Waals surface area contributed by atoms with Crippen molar-refractivity contribution in [3.63, 3.8) is 0 Å². The van der Waals surface area contributed by atoms with Crippen LogP contribution in [0.4, 0.5) is 0 Å². The van der Waals surface area contributed by atoms with Gasteiger partial charge in [-0.05, 0) is 79.4 Å². The molecule has 182 valence electrons. The number of ether oxygens (including phenoxy) is 4. The van der Waals surface area contributed by atoms with E-state index in [0.717, 1.165) is 27.8 Å². The zero-order valence-corrected chi connectivity index (χ0v) is 21.0. The van der Waals surface area contributed by atoms with Crippen molar-refractivity contribution >= 4 is 12.0 Å². The molecule has 6 nitrogen and oxygen atoms in total. The molecule has 1 aliphatic heterocycles. The van der Waals surface area contributed by atoms with Crippen LogP contribution in [0.15, 0.2) is 54.7 Å². The molecule has 0 saturated heterocycles. The average molecular weight is 474 g/mol. The Bertz CT molecular complexity index is 1260. The first kappa shape index (κ1) is 24.2. The lowest BCUT2D eigenvalue weighted by molar-refractivity contribution is 0.0764. The van der Waals surface area contributed by atoms with Gasteiger partial charge in [0, 0.05) is 11.8 Å². The summed E-state index contributed by atoms with van der Waals surface area (Å²) in [5.41, 5.74) is 5.75. The lowest BCUT2D eigenvalue weighted by Gasteiger charge is -2.34. The van der Waals surface area contributed by atoms with E-state index in [2.05, 4.69) is 6.07 Å². The van der Waals surface area contributed by atoms with Crippen LogP contribution in [0.1, 0.15) is 44.2 Å². The minimum atomic E-state index is -0.263. The molecule has 1 heterocycles. The second-order valence-corrected chi connectivity index (χ2v) is 8.65. The second kappa shape index (κ2) is 10.1. The monoisotopic (exact) mass is 473 g/mol.